The minimum absolute atomic E-state index is 0.0901. The zero-order valence-electron chi connectivity index (χ0n) is 23.3. The summed E-state index contributed by atoms with van der Waals surface area (Å²) in [6.07, 6.45) is 0.195. The average Bonchev–Trinajstić information content (AvgIpc) is 2.86. The van der Waals surface area contributed by atoms with Crippen LogP contribution >= 0.6 is 23.2 Å². The van der Waals surface area contributed by atoms with Crippen LogP contribution in [0.2, 0.25) is 10.0 Å². The summed E-state index contributed by atoms with van der Waals surface area (Å²) in [6, 6.07) is 16.8. The Morgan fingerprint density at radius 1 is 0.975 bits per heavy atom. The number of carbonyl (C=O) groups is 3. The zero-order valence-corrected chi connectivity index (χ0v) is 24.8. The lowest BCUT2D eigenvalue weighted by Gasteiger charge is -2.33. The van der Waals surface area contributed by atoms with Crippen LogP contribution in [0.1, 0.15) is 62.0 Å². The molecule has 0 aromatic heterocycles. The molecule has 1 atom stereocenters. The van der Waals surface area contributed by atoms with E-state index in [1.165, 1.54) is 0 Å². The maximum Gasteiger partial charge on any atom is 0.311 e. The van der Waals surface area contributed by atoms with Crippen LogP contribution in [0, 0.1) is 11.3 Å². The molecule has 2 N–H and O–H groups in total. The Bertz CT molecular complexity index is 1380. The topological polar surface area (TPSA) is 86.7 Å². The molecule has 3 aromatic carbocycles. The third-order valence-corrected chi connectivity index (χ3v) is 6.95. The molecule has 0 saturated heterocycles. The maximum absolute atomic E-state index is 13.3. The number of carbonyl (C=O) groups excluding carboxylic acids is 2. The van der Waals surface area contributed by atoms with E-state index in [0.717, 1.165) is 5.56 Å². The van der Waals surface area contributed by atoms with E-state index in [1.54, 1.807) is 65.6 Å². The predicted octanol–water partition coefficient (Wildman–Crippen LogP) is 6.49. The molecule has 3 aromatic rings. The van der Waals surface area contributed by atoms with Gasteiger partial charge in [-0.3, -0.25) is 14.4 Å². The van der Waals surface area contributed by atoms with Gasteiger partial charge < -0.3 is 15.3 Å². The van der Waals surface area contributed by atoms with Gasteiger partial charge in [0.1, 0.15) is 7.85 Å². The van der Waals surface area contributed by atoms with Gasteiger partial charge in [-0.15, -0.1) is 0 Å². The Kier molecular flexibility index (Phi) is 10.1. The summed E-state index contributed by atoms with van der Waals surface area (Å²) in [7, 11) is 6.30. The van der Waals surface area contributed by atoms with E-state index in [4.69, 9.17) is 31.0 Å². The fraction of sp³-hybridized carbons (Fsp3) is 0.323. The molecule has 0 heterocycles. The highest BCUT2D eigenvalue weighted by molar-refractivity contribution is 6.40. The molecule has 40 heavy (non-hydrogen) atoms. The minimum Gasteiger partial charge on any atom is -0.481 e. The summed E-state index contributed by atoms with van der Waals surface area (Å²) < 4.78 is 0. The highest BCUT2D eigenvalue weighted by Crippen LogP contribution is 2.29. The van der Waals surface area contributed by atoms with Crippen molar-refractivity contribution in [2.24, 2.45) is 11.3 Å². The van der Waals surface area contributed by atoms with Gasteiger partial charge in [0.25, 0.3) is 5.91 Å². The third kappa shape index (κ3) is 7.67. The molecular weight excluding hydrogens is 546 g/mol. The molecule has 0 fully saturated rings. The minimum atomic E-state index is -1.00. The summed E-state index contributed by atoms with van der Waals surface area (Å²) in [5.41, 5.74) is 2.26. The number of nitrogens with zero attached hydrogens (tertiary/aromatic N) is 1. The van der Waals surface area contributed by atoms with Crippen LogP contribution in [0.3, 0.4) is 0 Å². The van der Waals surface area contributed by atoms with Gasteiger partial charge >= 0.3 is 5.97 Å². The largest absolute Gasteiger partial charge is 0.481 e. The van der Waals surface area contributed by atoms with Crippen LogP contribution in [0.5, 0.6) is 0 Å². The third-order valence-electron chi connectivity index (χ3n) is 6.32. The van der Waals surface area contributed by atoms with E-state index in [9.17, 15) is 19.5 Å². The number of hydrogen-bond acceptors (Lipinski definition) is 3. The molecule has 0 aliphatic carbocycles. The first-order valence-electron chi connectivity index (χ1n) is 13.0. The Hall–Kier alpha value is -3.29. The van der Waals surface area contributed by atoms with Crippen molar-refractivity contribution in [3.05, 3.63) is 87.4 Å². The van der Waals surface area contributed by atoms with Gasteiger partial charge in [-0.05, 0) is 53.8 Å². The normalized spacial score (nSPS) is 12.2. The van der Waals surface area contributed by atoms with Crippen molar-refractivity contribution in [1.82, 2.24) is 0 Å². The Balaban J connectivity index is 1.86. The molecule has 0 saturated carbocycles. The molecule has 6 nitrogen and oxygen atoms in total. The molecule has 9 heteroatoms. The van der Waals surface area contributed by atoms with Gasteiger partial charge in [0.15, 0.2) is 0 Å². The van der Waals surface area contributed by atoms with Gasteiger partial charge in [-0.2, -0.15) is 0 Å². The molecule has 2 radical (unpaired) electrons. The molecular formula is C31H33BCl2N2O4. The summed E-state index contributed by atoms with van der Waals surface area (Å²) in [5, 5.41) is 13.4. The lowest BCUT2D eigenvalue weighted by Crippen LogP contribution is -2.43. The first-order chi connectivity index (χ1) is 18.7. The number of aliphatic carboxylic acids is 1. The van der Waals surface area contributed by atoms with E-state index < -0.39 is 23.2 Å². The second-order valence-electron chi connectivity index (χ2n) is 11.2. The second kappa shape index (κ2) is 12.9. The fourth-order valence-corrected chi connectivity index (χ4v) is 4.86. The van der Waals surface area contributed by atoms with Crippen molar-refractivity contribution in [2.45, 2.75) is 47.0 Å². The monoisotopic (exact) mass is 578 g/mol. The van der Waals surface area contributed by atoms with Crippen LogP contribution in [0.4, 0.5) is 11.4 Å². The highest BCUT2D eigenvalue weighted by atomic mass is 35.5. The van der Waals surface area contributed by atoms with E-state index >= 15 is 0 Å². The van der Waals surface area contributed by atoms with Crippen molar-refractivity contribution >= 4 is 65.7 Å². The van der Waals surface area contributed by atoms with E-state index in [0.29, 0.717) is 28.9 Å². The van der Waals surface area contributed by atoms with Crippen LogP contribution in [0.15, 0.2) is 60.7 Å². The summed E-state index contributed by atoms with van der Waals surface area (Å²) >= 11 is 12.3. The molecule has 0 bridgehead atoms. The number of hydrogen-bond donors (Lipinski definition) is 2. The lowest BCUT2D eigenvalue weighted by atomic mass is 9.85. The Labute approximate surface area is 247 Å². The van der Waals surface area contributed by atoms with Crippen molar-refractivity contribution in [3.63, 3.8) is 0 Å². The summed E-state index contributed by atoms with van der Waals surface area (Å²) in [4.78, 5) is 40.0. The van der Waals surface area contributed by atoms with E-state index in [2.05, 4.69) is 5.32 Å². The summed E-state index contributed by atoms with van der Waals surface area (Å²) in [6.45, 7) is 10.0. The summed E-state index contributed by atoms with van der Waals surface area (Å²) in [5.74, 6) is -2.24. The molecule has 0 aliphatic heterocycles. The zero-order chi connectivity index (χ0) is 29.8. The van der Waals surface area contributed by atoms with Crippen molar-refractivity contribution in [2.75, 3.05) is 16.8 Å². The van der Waals surface area contributed by atoms with Crippen molar-refractivity contribution in [1.29, 1.82) is 0 Å². The number of carboxylic acid groups (broad SMARTS) is 1. The Morgan fingerprint density at radius 2 is 1.57 bits per heavy atom. The average molecular weight is 579 g/mol. The van der Waals surface area contributed by atoms with Gasteiger partial charge in [0.2, 0.25) is 5.91 Å². The Morgan fingerprint density at radius 3 is 2.10 bits per heavy atom. The van der Waals surface area contributed by atoms with Gasteiger partial charge in [-0.1, -0.05) is 93.6 Å². The quantitative estimate of drug-likeness (QED) is 0.284. The van der Waals surface area contributed by atoms with Crippen LogP contribution in [-0.4, -0.2) is 37.3 Å². The lowest BCUT2D eigenvalue weighted by molar-refractivity contribution is -0.138. The second-order valence-corrected chi connectivity index (χ2v) is 12.0. The number of amides is 2. The fourth-order valence-electron chi connectivity index (χ4n) is 4.29. The molecule has 3 rings (SSSR count). The smallest absolute Gasteiger partial charge is 0.311 e. The number of rotatable bonds is 9. The molecule has 0 spiro atoms. The molecule has 2 amide bonds. The standard InChI is InChI=1S/C31H33BCl2N2O4/c1-18(2)17-36(30(40)31(3,4)5)26-16-20(11-14-23(26)32)22(29(38)39)15-19-9-12-21(13-10-19)35-28(37)27-24(33)7-6-8-25(27)34/h6-14,16,18,22H,15,17H2,1-5H3,(H,35,37)(H,38,39). The van der Waals surface area contributed by atoms with Crippen molar-refractivity contribution in [3.8, 4) is 0 Å². The SMILES string of the molecule is [B]c1ccc(C(Cc2ccc(NC(=O)c3c(Cl)cccc3Cl)cc2)C(=O)O)cc1N(CC(C)C)C(=O)C(C)(C)C. The van der Waals surface area contributed by atoms with E-state index in [1.807, 2.05) is 34.6 Å². The van der Waals surface area contributed by atoms with Crippen LogP contribution in [0.25, 0.3) is 0 Å². The number of halogens is 2. The van der Waals surface area contributed by atoms with Gasteiger partial charge in [0, 0.05) is 23.3 Å². The number of benzene rings is 3. The van der Waals surface area contributed by atoms with E-state index in [-0.39, 0.29) is 33.9 Å². The van der Waals surface area contributed by atoms with Crippen LogP contribution < -0.4 is 15.7 Å². The molecule has 0 aliphatic rings. The van der Waals surface area contributed by atoms with Crippen molar-refractivity contribution < 1.29 is 19.5 Å². The van der Waals surface area contributed by atoms with Gasteiger partial charge in [-0.25, -0.2) is 0 Å². The number of anilines is 2. The first kappa shape index (κ1) is 31.2. The van der Waals surface area contributed by atoms with Crippen LogP contribution in [-0.2, 0) is 16.0 Å². The highest BCUT2D eigenvalue weighted by Gasteiger charge is 2.30. The molecule has 1 unspecified atom stereocenters. The predicted molar refractivity (Wildman–Crippen MR) is 163 cm³/mol. The number of carboxylic acids is 1. The number of nitrogens with one attached hydrogen (secondary N) is 1. The first-order valence-corrected chi connectivity index (χ1v) is 13.7. The van der Waals surface area contributed by atoms with Gasteiger partial charge in [0.05, 0.1) is 21.5 Å². The maximum atomic E-state index is 13.3. The molecule has 208 valence electrons.